The molecule has 168 valence electrons. The maximum atomic E-state index is 13.0. The van der Waals surface area contributed by atoms with Crippen LogP contribution < -0.4 is 4.74 Å². The monoisotopic (exact) mass is 465 g/mol. The molecule has 0 atom stereocenters. The molecular formula is C29H23NO3S. The minimum absolute atomic E-state index is 0.257. The molecule has 1 fully saturated rings. The van der Waals surface area contributed by atoms with E-state index in [9.17, 15) is 9.59 Å². The number of hydrogen-bond donors (Lipinski definition) is 0. The van der Waals surface area contributed by atoms with Gasteiger partial charge in [0.25, 0.3) is 11.1 Å². The average molecular weight is 466 g/mol. The molecule has 0 saturated carbocycles. The number of rotatable bonds is 6. The summed E-state index contributed by atoms with van der Waals surface area (Å²) in [5.41, 5.74) is 3.86. The molecule has 4 aromatic rings. The van der Waals surface area contributed by atoms with E-state index in [-0.39, 0.29) is 17.7 Å². The predicted octanol–water partition coefficient (Wildman–Crippen LogP) is 6.96. The lowest BCUT2D eigenvalue weighted by atomic mass is 10.1. The molecule has 0 unspecified atom stereocenters. The third-order valence-corrected chi connectivity index (χ3v) is 6.62. The van der Waals surface area contributed by atoms with E-state index in [4.69, 9.17) is 4.74 Å². The Bertz CT molecular complexity index is 1430. The van der Waals surface area contributed by atoms with Crippen LogP contribution >= 0.6 is 11.8 Å². The fourth-order valence-electron chi connectivity index (χ4n) is 3.99. The number of carbonyl (C=O) groups is 2. The van der Waals surface area contributed by atoms with Crippen molar-refractivity contribution in [1.29, 1.82) is 0 Å². The average Bonchev–Trinajstić information content (AvgIpc) is 3.11. The van der Waals surface area contributed by atoms with Gasteiger partial charge in [-0.1, -0.05) is 84.4 Å². The summed E-state index contributed by atoms with van der Waals surface area (Å²) in [5.74, 6) is 0.391. The molecule has 34 heavy (non-hydrogen) atoms. The summed E-state index contributed by atoms with van der Waals surface area (Å²) in [6, 6.07) is 29.9. The Morgan fingerprint density at radius 3 is 2.47 bits per heavy atom. The van der Waals surface area contributed by atoms with Crippen LogP contribution in [-0.2, 0) is 17.9 Å². The molecule has 4 aromatic carbocycles. The molecule has 2 amide bonds. The number of ether oxygens (including phenoxy) is 1. The molecule has 4 nitrogen and oxygen atoms in total. The second kappa shape index (κ2) is 9.57. The van der Waals surface area contributed by atoms with Crippen LogP contribution in [0.4, 0.5) is 4.79 Å². The van der Waals surface area contributed by atoms with Crippen molar-refractivity contribution >= 4 is 39.8 Å². The molecule has 0 spiro atoms. The number of thioether (sulfide) groups is 1. The molecule has 5 rings (SSSR count). The van der Waals surface area contributed by atoms with Gasteiger partial charge < -0.3 is 4.74 Å². The number of para-hydroxylation sites is 1. The summed E-state index contributed by atoms with van der Waals surface area (Å²) in [6.07, 6.45) is 1.75. The Hall–Kier alpha value is -3.83. The smallest absolute Gasteiger partial charge is 0.293 e. The Balaban J connectivity index is 1.33. The quantitative estimate of drug-likeness (QED) is 0.289. The lowest BCUT2D eigenvalue weighted by molar-refractivity contribution is -0.123. The Labute approximate surface area is 202 Å². The van der Waals surface area contributed by atoms with Crippen LogP contribution in [0.15, 0.2) is 95.9 Å². The SMILES string of the molecule is Cc1cccc(CN2C(=O)S/C(=C\c3ccccc3OCc3ccc4ccccc4c3)C2=O)c1. The second-order valence-electron chi connectivity index (χ2n) is 8.26. The zero-order valence-electron chi connectivity index (χ0n) is 18.7. The molecule has 1 aliphatic heterocycles. The molecular weight excluding hydrogens is 442 g/mol. The highest BCUT2D eigenvalue weighted by molar-refractivity contribution is 8.18. The third-order valence-electron chi connectivity index (χ3n) is 5.71. The molecule has 0 N–H and O–H groups in total. The van der Waals surface area contributed by atoms with Crippen LogP contribution in [0.1, 0.15) is 22.3 Å². The van der Waals surface area contributed by atoms with Crippen molar-refractivity contribution in [3.63, 3.8) is 0 Å². The van der Waals surface area contributed by atoms with Gasteiger partial charge in [0.05, 0.1) is 11.4 Å². The van der Waals surface area contributed by atoms with E-state index < -0.39 is 0 Å². The lowest BCUT2D eigenvalue weighted by Gasteiger charge is -2.13. The van der Waals surface area contributed by atoms with Crippen molar-refractivity contribution in [1.82, 2.24) is 4.90 Å². The summed E-state index contributed by atoms with van der Waals surface area (Å²) in [6.45, 7) is 2.67. The molecule has 0 aliphatic carbocycles. The van der Waals surface area contributed by atoms with E-state index in [2.05, 4.69) is 30.3 Å². The highest BCUT2D eigenvalue weighted by Crippen LogP contribution is 2.35. The number of fused-ring (bicyclic) bond motifs is 1. The summed E-state index contributed by atoms with van der Waals surface area (Å²) in [5, 5.41) is 2.10. The number of hydrogen-bond acceptors (Lipinski definition) is 4. The standard InChI is InChI=1S/C29H23NO3S/c1-20-7-6-8-21(15-20)18-30-28(31)27(34-29(30)32)17-25-11-4-5-12-26(25)33-19-22-13-14-23-9-2-3-10-24(23)16-22/h2-17H,18-19H2,1H3/b27-17-. The number of imide groups is 1. The van der Waals surface area contributed by atoms with Crippen molar-refractivity contribution < 1.29 is 14.3 Å². The van der Waals surface area contributed by atoms with E-state index in [1.807, 2.05) is 67.6 Å². The molecule has 1 heterocycles. The molecule has 0 bridgehead atoms. The highest BCUT2D eigenvalue weighted by Gasteiger charge is 2.35. The van der Waals surface area contributed by atoms with Gasteiger partial charge in [-0.25, -0.2) is 0 Å². The summed E-state index contributed by atoms with van der Waals surface area (Å²) < 4.78 is 6.12. The van der Waals surface area contributed by atoms with Gasteiger partial charge in [0.15, 0.2) is 0 Å². The van der Waals surface area contributed by atoms with Crippen LogP contribution in [0.3, 0.4) is 0 Å². The van der Waals surface area contributed by atoms with E-state index >= 15 is 0 Å². The van der Waals surface area contributed by atoms with Crippen molar-refractivity contribution in [2.24, 2.45) is 0 Å². The maximum absolute atomic E-state index is 13.0. The Morgan fingerprint density at radius 2 is 1.62 bits per heavy atom. The van der Waals surface area contributed by atoms with Crippen molar-refractivity contribution in [2.45, 2.75) is 20.1 Å². The zero-order valence-corrected chi connectivity index (χ0v) is 19.5. The lowest BCUT2D eigenvalue weighted by Crippen LogP contribution is -2.27. The van der Waals surface area contributed by atoms with Gasteiger partial charge in [0.2, 0.25) is 0 Å². The van der Waals surface area contributed by atoms with E-state index in [0.717, 1.165) is 34.0 Å². The third kappa shape index (κ3) is 4.75. The van der Waals surface area contributed by atoms with Crippen LogP contribution in [0.25, 0.3) is 16.8 Å². The normalized spacial score (nSPS) is 14.9. The predicted molar refractivity (Wildman–Crippen MR) is 137 cm³/mol. The maximum Gasteiger partial charge on any atom is 0.293 e. The summed E-state index contributed by atoms with van der Waals surface area (Å²) in [4.78, 5) is 27.3. The van der Waals surface area contributed by atoms with Crippen molar-refractivity contribution in [3.8, 4) is 5.75 Å². The summed E-state index contributed by atoms with van der Waals surface area (Å²) >= 11 is 0.968. The van der Waals surface area contributed by atoms with Gasteiger partial charge in [-0.15, -0.1) is 0 Å². The van der Waals surface area contributed by atoms with Gasteiger partial charge in [0, 0.05) is 5.56 Å². The van der Waals surface area contributed by atoms with Crippen molar-refractivity contribution in [3.05, 3.63) is 118 Å². The Morgan fingerprint density at radius 1 is 0.824 bits per heavy atom. The minimum atomic E-state index is -0.277. The van der Waals surface area contributed by atoms with Crippen molar-refractivity contribution in [2.75, 3.05) is 0 Å². The van der Waals surface area contributed by atoms with Gasteiger partial charge in [0.1, 0.15) is 12.4 Å². The van der Waals surface area contributed by atoms with Gasteiger partial charge >= 0.3 is 0 Å². The number of amides is 2. The number of aryl methyl sites for hydroxylation is 1. The number of nitrogens with zero attached hydrogens (tertiary/aromatic N) is 1. The molecule has 5 heteroatoms. The van der Waals surface area contributed by atoms with E-state index in [1.54, 1.807) is 6.08 Å². The van der Waals surface area contributed by atoms with Crippen LogP contribution in [0, 0.1) is 6.92 Å². The fraction of sp³-hybridized carbons (Fsp3) is 0.103. The number of benzene rings is 4. The van der Waals surface area contributed by atoms with E-state index in [0.29, 0.717) is 17.3 Å². The van der Waals surface area contributed by atoms with Crippen LogP contribution in [-0.4, -0.2) is 16.0 Å². The highest BCUT2D eigenvalue weighted by atomic mass is 32.2. The molecule has 0 aromatic heterocycles. The first-order chi connectivity index (χ1) is 16.6. The Kier molecular flexibility index (Phi) is 6.19. The largest absolute Gasteiger partial charge is 0.488 e. The zero-order chi connectivity index (χ0) is 23.5. The first kappa shape index (κ1) is 22.0. The van der Waals surface area contributed by atoms with Gasteiger partial charge in [-0.05, 0) is 58.8 Å². The van der Waals surface area contributed by atoms with Crippen LogP contribution in [0.5, 0.6) is 5.75 Å². The first-order valence-corrected chi connectivity index (χ1v) is 11.9. The minimum Gasteiger partial charge on any atom is -0.488 e. The molecule has 1 aliphatic rings. The van der Waals surface area contributed by atoms with E-state index in [1.165, 1.54) is 15.7 Å². The number of carbonyl (C=O) groups excluding carboxylic acids is 2. The molecule has 0 radical (unpaired) electrons. The van der Waals surface area contributed by atoms with Gasteiger partial charge in [-0.3, -0.25) is 14.5 Å². The fourth-order valence-corrected chi connectivity index (χ4v) is 4.82. The van der Waals surface area contributed by atoms with Crippen LogP contribution in [0.2, 0.25) is 0 Å². The topological polar surface area (TPSA) is 46.6 Å². The summed E-state index contributed by atoms with van der Waals surface area (Å²) in [7, 11) is 0. The van der Waals surface area contributed by atoms with Gasteiger partial charge in [-0.2, -0.15) is 0 Å². The first-order valence-electron chi connectivity index (χ1n) is 11.1. The second-order valence-corrected chi connectivity index (χ2v) is 9.26. The molecule has 1 saturated heterocycles.